The normalized spacial score (nSPS) is 23.8. The molecule has 1 rings (SSSR count). The van der Waals surface area contributed by atoms with Crippen LogP contribution in [0.4, 0.5) is 0 Å². The van der Waals surface area contributed by atoms with Gasteiger partial charge in [-0.25, -0.2) is 0 Å². The number of nitrogens with two attached hydrogens (primary N) is 2. The number of nitrogens with one attached hydrogen (secondary N) is 2. The van der Waals surface area contributed by atoms with Gasteiger partial charge in [0, 0.05) is 13.1 Å². The Bertz CT molecular complexity index is 236. The summed E-state index contributed by atoms with van der Waals surface area (Å²) >= 11 is 0. The number of hydrogen-bond donors (Lipinski definition) is 4. The van der Waals surface area contributed by atoms with Gasteiger partial charge in [-0.15, -0.1) is 0 Å². The van der Waals surface area contributed by atoms with Crippen molar-refractivity contribution in [2.45, 2.75) is 6.42 Å². The first-order valence-corrected chi connectivity index (χ1v) is 4.67. The molecule has 1 saturated heterocycles. The van der Waals surface area contributed by atoms with Gasteiger partial charge in [-0.3, -0.25) is 15.7 Å². The van der Waals surface area contributed by atoms with Crippen LogP contribution in [0.3, 0.4) is 0 Å². The Morgan fingerprint density at radius 3 is 2.86 bits per heavy atom. The third-order valence-corrected chi connectivity index (χ3v) is 2.27. The molecule has 6 N–H and O–H groups in total. The van der Waals surface area contributed by atoms with Gasteiger partial charge in [0.25, 0.3) is 0 Å². The molecule has 0 aromatic heterocycles. The van der Waals surface area contributed by atoms with Crippen molar-refractivity contribution in [1.29, 1.82) is 5.41 Å². The molecule has 0 saturated carbocycles. The molecule has 1 unspecified atom stereocenters. The van der Waals surface area contributed by atoms with Crippen molar-refractivity contribution in [3.05, 3.63) is 0 Å². The predicted octanol–water partition coefficient (Wildman–Crippen LogP) is -1.26. The lowest BCUT2D eigenvalue weighted by molar-refractivity contribution is 0.397. The molecule has 1 aliphatic heterocycles. The molecule has 1 heterocycles. The number of rotatable bonds is 2. The summed E-state index contributed by atoms with van der Waals surface area (Å²) in [6, 6.07) is 0. The van der Waals surface area contributed by atoms with Crippen molar-refractivity contribution in [2.24, 2.45) is 22.4 Å². The van der Waals surface area contributed by atoms with Crippen LogP contribution < -0.4 is 16.8 Å². The van der Waals surface area contributed by atoms with E-state index in [1.807, 2.05) is 0 Å². The molecule has 80 valence electrons. The van der Waals surface area contributed by atoms with Gasteiger partial charge in [-0.1, -0.05) is 0 Å². The Labute approximate surface area is 83.9 Å². The highest BCUT2D eigenvalue weighted by Crippen LogP contribution is 2.13. The van der Waals surface area contributed by atoms with E-state index in [0.29, 0.717) is 12.5 Å². The minimum Gasteiger partial charge on any atom is -0.370 e. The van der Waals surface area contributed by atoms with Crippen LogP contribution in [0.25, 0.3) is 0 Å². The van der Waals surface area contributed by atoms with E-state index in [4.69, 9.17) is 16.9 Å². The van der Waals surface area contributed by atoms with E-state index in [2.05, 4.69) is 22.3 Å². The highest BCUT2D eigenvalue weighted by Gasteiger charge is 2.18. The zero-order chi connectivity index (χ0) is 10.6. The van der Waals surface area contributed by atoms with Crippen LogP contribution in [0.5, 0.6) is 0 Å². The monoisotopic (exact) mass is 198 g/mol. The molecule has 6 nitrogen and oxygen atoms in total. The van der Waals surface area contributed by atoms with Crippen molar-refractivity contribution >= 4 is 11.9 Å². The predicted molar refractivity (Wildman–Crippen MR) is 57.1 cm³/mol. The van der Waals surface area contributed by atoms with Gasteiger partial charge in [-0.05, 0) is 25.9 Å². The molecular formula is C8H18N6. The van der Waals surface area contributed by atoms with E-state index in [0.717, 1.165) is 19.5 Å². The molecular weight excluding hydrogens is 180 g/mol. The molecule has 0 amide bonds. The Balaban J connectivity index is 2.27. The average molecular weight is 198 g/mol. The second kappa shape index (κ2) is 4.80. The number of aliphatic imine (C=N–C) groups is 1. The largest absolute Gasteiger partial charge is 0.370 e. The fourth-order valence-electron chi connectivity index (χ4n) is 1.58. The summed E-state index contributed by atoms with van der Waals surface area (Å²) in [5.41, 5.74) is 10.6. The van der Waals surface area contributed by atoms with Crippen LogP contribution in [-0.2, 0) is 0 Å². The van der Waals surface area contributed by atoms with Crippen LogP contribution in [-0.4, -0.2) is 43.5 Å². The molecule has 0 aliphatic carbocycles. The van der Waals surface area contributed by atoms with Gasteiger partial charge in [0.15, 0.2) is 11.9 Å². The first-order chi connectivity index (χ1) is 6.58. The van der Waals surface area contributed by atoms with Crippen molar-refractivity contribution in [3.63, 3.8) is 0 Å². The first kappa shape index (κ1) is 10.8. The second-order valence-corrected chi connectivity index (χ2v) is 3.68. The van der Waals surface area contributed by atoms with Crippen molar-refractivity contribution in [3.8, 4) is 0 Å². The summed E-state index contributed by atoms with van der Waals surface area (Å²) in [6.45, 7) is 2.90. The lowest BCUT2D eigenvalue weighted by Crippen LogP contribution is -2.41. The molecule has 0 radical (unpaired) electrons. The number of likely N-dealkylation sites (tertiary alicyclic amines) is 1. The Morgan fingerprint density at radius 2 is 2.36 bits per heavy atom. The van der Waals surface area contributed by atoms with Crippen molar-refractivity contribution < 1.29 is 0 Å². The molecule has 0 spiro atoms. The highest BCUT2D eigenvalue weighted by molar-refractivity contribution is 5.95. The molecule has 1 aliphatic rings. The third kappa shape index (κ3) is 3.61. The molecule has 14 heavy (non-hydrogen) atoms. The summed E-state index contributed by atoms with van der Waals surface area (Å²) in [4.78, 5) is 6.39. The lowest BCUT2D eigenvalue weighted by Gasteiger charge is -2.08. The lowest BCUT2D eigenvalue weighted by atomic mass is 10.1. The van der Waals surface area contributed by atoms with E-state index >= 15 is 0 Å². The summed E-state index contributed by atoms with van der Waals surface area (Å²) in [5.74, 6) is 0.633. The molecule has 1 fully saturated rings. The molecule has 0 aromatic rings. The Kier molecular flexibility index (Phi) is 3.70. The van der Waals surface area contributed by atoms with E-state index < -0.39 is 0 Å². The summed E-state index contributed by atoms with van der Waals surface area (Å²) in [5, 5.41) is 9.40. The number of guanidine groups is 2. The first-order valence-electron chi connectivity index (χ1n) is 4.67. The summed E-state index contributed by atoms with van der Waals surface area (Å²) < 4.78 is 0. The Morgan fingerprint density at radius 1 is 1.64 bits per heavy atom. The molecule has 0 bridgehead atoms. The third-order valence-electron chi connectivity index (χ3n) is 2.27. The quantitative estimate of drug-likeness (QED) is 0.328. The highest BCUT2D eigenvalue weighted by atomic mass is 15.2. The topological polar surface area (TPSA) is 104 Å². The van der Waals surface area contributed by atoms with E-state index in [1.165, 1.54) is 0 Å². The maximum Gasteiger partial charge on any atom is 0.195 e. The second-order valence-electron chi connectivity index (χ2n) is 3.68. The summed E-state index contributed by atoms with van der Waals surface area (Å²) in [7, 11) is 2.10. The van der Waals surface area contributed by atoms with Gasteiger partial charge < -0.3 is 16.4 Å². The van der Waals surface area contributed by atoms with Gasteiger partial charge in [0.05, 0.1) is 0 Å². The standard InChI is InChI=1S/C8H18N6/c1-14-3-2-6(5-14)4-12-8(11)13-7(9)10/h6H,2-5H2,1H3,(H6,9,10,11,12,13). The van der Waals surface area contributed by atoms with Crippen LogP contribution in [0, 0.1) is 11.3 Å². The van der Waals surface area contributed by atoms with Gasteiger partial charge in [0.1, 0.15) is 0 Å². The smallest absolute Gasteiger partial charge is 0.195 e. The molecule has 6 heteroatoms. The van der Waals surface area contributed by atoms with Gasteiger partial charge in [-0.2, -0.15) is 0 Å². The number of hydrogen-bond acceptors (Lipinski definition) is 3. The van der Waals surface area contributed by atoms with E-state index in [-0.39, 0.29) is 11.9 Å². The SMILES string of the molecule is CN1CCC(CN=C(N)NC(=N)N)C1. The van der Waals surface area contributed by atoms with Crippen LogP contribution in [0.1, 0.15) is 6.42 Å². The van der Waals surface area contributed by atoms with Gasteiger partial charge in [0.2, 0.25) is 0 Å². The maximum absolute atomic E-state index is 6.94. The fraction of sp³-hybridized carbons (Fsp3) is 0.750. The molecule has 1 atom stereocenters. The minimum absolute atomic E-state index is 0.171. The van der Waals surface area contributed by atoms with Crippen molar-refractivity contribution in [2.75, 3.05) is 26.7 Å². The zero-order valence-corrected chi connectivity index (χ0v) is 8.45. The summed E-state index contributed by atoms with van der Waals surface area (Å²) in [6.07, 6.45) is 1.16. The molecule has 0 aromatic carbocycles. The number of nitrogens with zero attached hydrogens (tertiary/aromatic N) is 2. The fourth-order valence-corrected chi connectivity index (χ4v) is 1.58. The van der Waals surface area contributed by atoms with Crippen molar-refractivity contribution in [1.82, 2.24) is 10.2 Å². The van der Waals surface area contributed by atoms with E-state index in [9.17, 15) is 0 Å². The van der Waals surface area contributed by atoms with Crippen LogP contribution in [0.15, 0.2) is 4.99 Å². The van der Waals surface area contributed by atoms with E-state index in [1.54, 1.807) is 0 Å². The van der Waals surface area contributed by atoms with Crippen LogP contribution >= 0.6 is 0 Å². The van der Waals surface area contributed by atoms with Gasteiger partial charge >= 0.3 is 0 Å². The van der Waals surface area contributed by atoms with Crippen LogP contribution in [0.2, 0.25) is 0 Å². The minimum atomic E-state index is -0.171. The Hall–Kier alpha value is -1.30. The zero-order valence-electron chi connectivity index (χ0n) is 8.45. The average Bonchev–Trinajstić information content (AvgIpc) is 2.47. The maximum atomic E-state index is 6.94.